The first-order valence-electron chi connectivity index (χ1n) is 9.35. The Kier molecular flexibility index (Phi) is 6.53. The van der Waals surface area contributed by atoms with Gasteiger partial charge in [0, 0.05) is 5.02 Å². The molecule has 0 aromatic heterocycles. The maximum Gasteiger partial charge on any atom is 0.266 e. The van der Waals surface area contributed by atoms with Gasteiger partial charge in [0.2, 0.25) is 0 Å². The molecule has 4 rings (SSSR count). The zero-order valence-corrected chi connectivity index (χ0v) is 18.3. The molecule has 0 N–H and O–H groups in total. The van der Waals surface area contributed by atoms with E-state index in [4.69, 9.17) is 28.6 Å². The quantitative estimate of drug-likeness (QED) is 0.324. The fraction of sp³-hybridized carbons (Fsp3) is 0.0833. The van der Waals surface area contributed by atoms with E-state index in [1.165, 1.54) is 11.8 Å². The maximum atomic E-state index is 12.8. The van der Waals surface area contributed by atoms with Crippen LogP contribution in [0.2, 0.25) is 5.02 Å². The van der Waals surface area contributed by atoms with Crippen LogP contribution in [-0.2, 0) is 17.9 Å². The number of rotatable bonds is 6. The Morgan fingerprint density at radius 3 is 2.33 bits per heavy atom. The van der Waals surface area contributed by atoms with E-state index in [9.17, 15) is 4.79 Å². The van der Waals surface area contributed by atoms with Crippen LogP contribution in [0, 0.1) is 0 Å². The normalized spacial score (nSPS) is 15.1. The molecule has 3 aromatic carbocycles. The van der Waals surface area contributed by atoms with Gasteiger partial charge in [-0.2, -0.15) is 0 Å². The average molecular weight is 452 g/mol. The van der Waals surface area contributed by atoms with Gasteiger partial charge in [-0.15, -0.1) is 0 Å². The summed E-state index contributed by atoms with van der Waals surface area (Å²) in [6, 6.07) is 25.1. The number of carbonyl (C=O) groups excluding carboxylic acids is 1. The Morgan fingerprint density at radius 1 is 0.933 bits per heavy atom. The molecule has 1 heterocycles. The average Bonchev–Trinajstić information content (AvgIpc) is 3.02. The molecule has 150 valence electrons. The van der Waals surface area contributed by atoms with E-state index in [0.717, 1.165) is 22.4 Å². The molecule has 0 spiro atoms. The summed E-state index contributed by atoms with van der Waals surface area (Å²) in [5.41, 5.74) is 3.02. The van der Waals surface area contributed by atoms with Crippen molar-refractivity contribution in [1.82, 2.24) is 4.90 Å². The van der Waals surface area contributed by atoms with Crippen molar-refractivity contribution in [3.63, 3.8) is 0 Å². The van der Waals surface area contributed by atoms with E-state index >= 15 is 0 Å². The summed E-state index contributed by atoms with van der Waals surface area (Å²) in [5.74, 6) is 0.704. The number of thiocarbonyl (C=S) groups is 1. The van der Waals surface area contributed by atoms with Crippen molar-refractivity contribution in [2.24, 2.45) is 0 Å². The lowest BCUT2D eigenvalue weighted by atomic mass is 10.2. The van der Waals surface area contributed by atoms with Crippen LogP contribution in [0.25, 0.3) is 6.08 Å². The molecule has 1 amide bonds. The summed E-state index contributed by atoms with van der Waals surface area (Å²) in [6.45, 7) is 0.953. The summed E-state index contributed by atoms with van der Waals surface area (Å²) in [4.78, 5) is 15.1. The lowest BCUT2D eigenvalue weighted by Crippen LogP contribution is -2.27. The Morgan fingerprint density at radius 2 is 1.63 bits per heavy atom. The molecular weight excluding hydrogens is 434 g/mol. The second-order valence-electron chi connectivity index (χ2n) is 6.74. The van der Waals surface area contributed by atoms with Crippen LogP contribution in [0.3, 0.4) is 0 Å². The molecule has 0 saturated carbocycles. The van der Waals surface area contributed by atoms with Gasteiger partial charge in [-0.05, 0) is 47.0 Å². The molecule has 0 bridgehead atoms. The molecule has 30 heavy (non-hydrogen) atoms. The summed E-state index contributed by atoms with van der Waals surface area (Å²) in [6.07, 6.45) is 1.87. The van der Waals surface area contributed by atoms with Gasteiger partial charge in [-0.3, -0.25) is 9.69 Å². The second kappa shape index (κ2) is 9.47. The molecule has 3 nitrogen and oxygen atoms in total. The van der Waals surface area contributed by atoms with Gasteiger partial charge in [0.1, 0.15) is 16.7 Å². The van der Waals surface area contributed by atoms with Gasteiger partial charge >= 0.3 is 0 Å². The minimum absolute atomic E-state index is 0.0584. The van der Waals surface area contributed by atoms with Crippen LogP contribution >= 0.6 is 35.6 Å². The molecular formula is C24H18ClNO2S2. The van der Waals surface area contributed by atoms with E-state index in [1.54, 1.807) is 4.90 Å². The van der Waals surface area contributed by atoms with Crippen LogP contribution in [0.15, 0.2) is 83.8 Å². The number of hydrogen-bond acceptors (Lipinski definition) is 4. The van der Waals surface area contributed by atoms with Crippen LogP contribution < -0.4 is 4.74 Å². The largest absolute Gasteiger partial charge is 0.489 e. The minimum Gasteiger partial charge on any atom is -0.489 e. The number of hydrogen-bond donors (Lipinski definition) is 0. The third-order valence-corrected chi connectivity index (χ3v) is 6.18. The summed E-state index contributed by atoms with van der Waals surface area (Å²) in [5, 5.41) is 0.706. The van der Waals surface area contributed by atoms with Crippen molar-refractivity contribution < 1.29 is 9.53 Å². The highest BCUT2D eigenvalue weighted by Gasteiger charge is 2.31. The van der Waals surface area contributed by atoms with Crippen molar-refractivity contribution in [3.05, 3.63) is 105 Å². The first kappa shape index (κ1) is 20.7. The second-order valence-corrected chi connectivity index (χ2v) is 8.85. The fourth-order valence-corrected chi connectivity index (χ4v) is 4.34. The van der Waals surface area contributed by atoms with Gasteiger partial charge in [0.15, 0.2) is 0 Å². The molecule has 0 radical (unpaired) electrons. The van der Waals surface area contributed by atoms with E-state index in [0.29, 0.717) is 27.4 Å². The molecule has 0 atom stereocenters. The standard InChI is InChI=1S/C24H18ClNO2S2/c25-20-10-6-19(7-11-20)16-28-21-12-8-17(9-13-21)14-22-23(27)26(24(29)30-22)15-18-4-2-1-3-5-18/h1-14H,15-16H2/b22-14+. The zero-order chi connectivity index (χ0) is 20.9. The van der Waals surface area contributed by atoms with Gasteiger partial charge in [0.05, 0.1) is 11.4 Å². The smallest absolute Gasteiger partial charge is 0.266 e. The Hall–Kier alpha value is -2.60. The summed E-state index contributed by atoms with van der Waals surface area (Å²) in [7, 11) is 0. The lowest BCUT2D eigenvalue weighted by Gasteiger charge is -2.14. The van der Waals surface area contributed by atoms with Crippen molar-refractivity contribution >= 4 is 51.9 Å². The van der Waals surface area contributed by atoms with Crippen LogP contribution in [0.5, 0.6) is 5.75 Å². The zero-order valence-electron chi connectivity index (χ0n) is 16.0. The molecule has 0 unspecified atom stereocenters. The van der Waals surface area contributed by atoms with Gasteiger partial charge in [-0.1, -0.05) is 90.2 Å². The highest BCUT2D eigenvalue weighted by Crippen LogP contribution is 2.33. The Labute approximate surface area is 190 Å². The number of nitrogens with zero attached hydrogens (tertiary/aromatic N) is 1. The highest BCUT2D eigenvalue weighted by atomic mass is 35.5. The number of ether oxygens (including phenoxy) is 1. The van der Waals surface area contributed by atoms with Gasteiger partial charge in [0.25, 0.3) is 5.91 Å². The molecule has 6 heteroatoms. The van der Waals surface area contributed by atoms with Gasteiger partial charge in [-0.25, -0.2) is 0 Å². The van der Waals surface area contributed by atoms with E-state index in [1.807, 2.05) is 84.9 Å². The van der Waals surface area contributed by atoms with Crippen LogP contribution in [-0.4, -0.2) is 15.1 Å². The first-order valence-corrected chi connectivity index (χ1v) is 11.0. The Balaban J connectivity index is 1.40. The first-order chi connectivity index (χ1) is 14.6. The van der Waals surface area contributed by atoms with Crippen LogP contribution in [0.1, 0.15) is 16.7 Å². The number of benzene rings is 3. The maximum absolute atomic E-state index is 12.8. The van der Waals surface area contributed by atoms with Crippen molar-refractivity contribution in [1.29, 1.82) is 0 Å². The number of halogens is 1. The van der Waals surface area contributed by atoms with Crippen molar-refractivity contribution in [2.45, 2.75) is 13.2 Å². The number of carbonyl (C=O) groups is 1. The predicted octanol–water partition coefficient (Wildman–Crippen LogP) is 6.32. The van der Waals surface area contributed by atoms with E-state index < -0.39 is 0 Å². The molecule has 0 aliphatic carbocycles. The molecule has 1 aliphatic heterocycles. The third-order valence-electron chi connectivity index (χ3n) is 4.55. The van der Waals surface area contributed by atoms with Crippen molar-refractivity contribution in [3.8, 4) is 5.75 Å². The lowest BCUT2D eigenvalue weighted by molar-refractivity contribution is -0.122. The Bertz CT molecular complexity index is 1080. The summed E-state index contributed by atoms with van der Waals surface area (Å²) < 4.78 is 6.40. The SMILES string of the molecule is O=C1/C(=C\c2ccc(OCc3ccc(Cl)cc3)cc2)SC(=S)N1Cc1ccccc1. The van der Waals surface area contributed by atoms with E-state index in [2.05, 4.69) is 0 Å². The molecule has 1 saturated heterocycles. The van der Waals surface area contributed by atoms with Gasteiger partial charge < -0.3 is 4.74 Å². The molecule has 3 aromatic rings. The predicted molar refractivity (Wildman–Crippen MR) is 127 cm³/mol. The van der Waals surface area contributed by atoms with Crippen molar-refractivity contribution in [2.75, 3.05) is 0 Å². The monoisotopic (exact) mass is 451 g/mol. The minimum atomic E-state index is -0.0584. The molecule has 1 fully saturated rings. The van der Waals surface area contributed by atoms with Crippen LogP contribution in [0.4, 0.5) is 0 Å². The molecule has 1 aliphatic rings. The third kappa shape index (κ3) is 5.11. The summed E-state index contributed by atoms with van der Waals surface area (Å²) >= 11 is 12.7. The highest BCUT2D eigenvalue weighted by molar-refractivity contribution is 8.26. The fourth-order valence-electron chi connectivity index (χ4n) is 2.96. The number of amides is 1. The van der Waals surface area contributed by atoms with E-state index in [-0.39, 0.29) is 5.91 Å². The topological polar surface area (TPSA) is 29.5 Å². The number of thioether (sulfide) groups is 1.